The number of hydrogen-bond donors (Lipinski definition) is 2. The number of piperazine rings is 1. The number of imidazole rings is 1. The molecule has 4 rings (SSSR count). The molecule has 1 fully saturated rings. The average Bonchev–Trinajstić information content (AvgIpc) is 3.37. The van der Waals surface area contributed by atoms with Gasteiger partial charge in [0.2, 0.25) is 0 Å². The number of carbonyl (C=O) groups is 2. The Kier molecular flexibility index (Phi) is 18.0. The lowest BCUT2D eigenvalue weighted by molar-refractivity contribution is -0.110. The zero-order valence-corrected chi connectivity index (χ0v) is 28.1. The molecule has 2 aliphatic rings. The number of likely N-dealkylation sites (N-methyl/N-ethyl adjacent to an activating group) is 1. The molecule has 2 aromatic rings. The molecule has 2 unspecified atom stereocenters. The molecule has 1 aliphatic carbocycles. The minimum Gasteiger partial charge on any atom is -0.447 e. The molecule has 2 atom stereocenters. The Bertz CT molecular complexity index is 1220. The highest BCUT2D eigenvalue weighted by Crippen LogP contribution is 2.43. The first-order chi connectivity index (χ1) is 21.1. The van der Waals surface area contributed by atoms with Crippen LogP contribution >= 0.6 is 11.6 Å². The summed E-state index contributed by atoms with van der Waals surface area (Å²) in [4.78, 5) is 30.2. The summed E-state index contributed by atoms with van der Waals surface area (Å²) in [6, 6.07) is 6.27. The molecular weight excluding hydrogens is 580 g/mol. The molecule has 0 bridgehead atoms. The predicted octanol–water partition coefficient (Wildman–Crippen LogP) is 5.53. The van der Waals surface area contributed by atoms with Crippen molar-refractivity contribution in [3.63, 3.8) is 0 Å². The highest BCUT2D eigenvalue weighted by Gasteiger charge is 2.33. The van der Waals surface area contributed by atoms with Gasteiger partial charge in [0.1, 0.15) is 12.9 Å². The Hall–Kier alpha value is -3.44. The number of halogens is 1. The smallest absolute Gasteiger partial charge is 0.410 e. The second-order valence-corrected chi connectivity index (χ2v) is 10.6. The van der Waals surface area contributed by atoms with E-state index >= 15 is 0 Å². The summed E-state index contributed by atoms with van der Waals surface area (Å²) in [7, 11) is 5.45. The lowest BCUT2D eigenvalue weighted by atomic mass is 9.90. The Balaban J connectivity index is 0.000000853. The van der Waals surface area contributed by atoms with Crippen LogP contribution < -0.4 is 11.1 Å². The molecule has 44 heavy (non-hydrogen) atoms. The fourth-order valence-electron chi connectivity index (χ4n) is 5.02. The number of nitrogens with two attached hydrogens (primary N) is 1. The van der Waals surface area contributed by atoms with Crippen molar-refractivity contribution in [2.45, 2.75) is 52.3 Å². The molecule has 11 heteroatoms. The second-order valence-electron chi connectivity index (χ2n) is 10.2. The third kappa shape index (κ3) is 11.2. The molecule has 1 aromatic heterocycles. The lowest BCUT2D eigenvalue weighted by Crippen LogP contribution is -2.50. The number of rotatable bonds is 7. The van der Waals surface area contributed by atoms with E-state index in [1.54, 1.807) is 4.90 Å². The van der Waals surface area contributed by atoms with E-state index in [9.17, 15) is 9.59 Å². The van der Waals surface area contributed by atoms with Gasteiger partial charge in [0, 0.05) is 51.4 Å². The van der Waals surface area contributed by atoms with Crippen LogP contribution in [0.3, 0.4) is 0 Å². The number of allylic oxidation sites excluding steroid dienone is 1. The van der Waals surface area contributed by atoms with Crippen molar-refractivity contribution >= 4 is 29.6 Å². The van der Waals surface area contributed by atoms with Crippen LogP contribution in [0.4, 0.5) is 4.79 Å². The molecule has 0 saturated carbocycles. The van der Waals surface area contributed by atoms with Crippen LogP contribution in [0.25, 0.3) is 5.57 Å². The SMILES string of the molecule is C=C1C=C(C(NC)c2cncn2C)c2cc(Cl)ccc2C(N2CCN(C(=O)OC(C)C)CC2)C1.C=CN.CC.COCC=O. The van der Waals surface area contributed by atoms with Crippen LogP contribution in [0.1, 0.15) is 63.0 Å². The number of hydrogen-bond acceptors (Lipinski definition) is 8. The Morgan fingerprint density at radius 1 is 1.25 bits per heavy atom. The van der Waals surface area contributed by atoms with Crippen molar-refractivity contribution < 1.29 is 19.1 Å². The molecule has 1 saturated heterocycles. The summed E-state index contributed by atoms with van der Waals surface area (Å²) >= 11 is 6.51. The van der Waals surface area contributed by atoms with Crippen LogP contribution in [-0.2, 0) is 21.3 Å². The molecule has 244 valence electrons. The van der Waals surface area contributed by atoms with E-state index in [1.165, 1.54) is 18.9 Å². The van der Waals surface area contributed by atoms with Gasteiger partial charge in [0.05, 0.1) is 30.4 Å². The van der Waals surface area contributed by atoms with E-state index in [2.05, 4.69) is 57.0 Å². The molecule has 1 amide bonds. The topological polar surface area (TPSA) is 115 Å². The highest BCUT2D eigenvalue weighted by atomic mass is 35.5. The third-order valence-corrected chi connectivity index (χ3v) is 7.07. The zero-order chi connectivity index (χ0) is 33.2. The van der Waals surface area contributed by atoms with Gasteiger partial charge in [-0.1, -0.05) is 56.3 Å². The van der Waals surface area contributed by atoms with Crippen molar-refractivity contribution in [3.8, 4) is 0 Å². The van der Waals surface area contributed by atoms with Gasteiger partial charge >= 0.3 is 6.09 Å². The van der Waals surface area contributed by atoms with Crippen LogP contribution in [0.15, 0.2) is 61.7 Å². The maximum absolute atomic E-state index is 12.4. The van der Waals surface area contributed by atoms with Crippen molar-refractivity contribution in [1.82, 2.24) is 24.7 Å². The van der Waals surface area contributed by atoms with Crippen LogP contribution in [0, 0.1) is 0 Å². The van der Waals surface area contributed by atoms with E-state index < -0.39 is 0 Å². The van der Waals surface area contributed by atoms with Gasteiger partial charge in [-0.25, -0.2) is 9.78 Å². The lowest BCUT2D eigenvalue weighted by Gasteiger charge is -2.39. The van der Waals surface area contributed by atoms with Gasteiger partial charge in [-0.3, -0.25) is 4.90 Å². The number of aldehydes is 1. The van der Waals surface area contributed by atoms with Crippen LogP contribution in [0.5, 0.6) is 0 Å². The number of benzene rings is 1. The maximum Gasteiger partial charge on any atom is 0.410 e. The van der Waals surface area contributed by atoms with E-state index in [1.807, 2.05) is 64.9 Å². The second kappa shape index (κ2) is 20.5. The number of carbonyl (C=O) groups excluding carboxylic acids is 2. The summed E-state index contributed by atoms with van der Waals surface area (Å²) in [5.74, 6) is 0. The van der Waals surface area contributed by atoms with Crippen molar-refractivity contribution in [2.75, 3.05) is 46.9 Å². The number of ether oxygens (including phenoxy) is 2. The standard InChI is InChI=1S/C26H34ClN5O2.C3H6O2.C2H5N.C2H6/c1-17(2)34-26(33)32-10-8-31(9-11-32)23-13-18(3)12-22(21-14-19(27)6-7-20(21)23)25(28-4)24-15-29-16-30(24)5;1-5-3-2-4;1-2-3;1-2/h6-7,12,14-17,23,25,28H,3,8-11,13H2,1-2,4-5H3;2H,3H2,1H3;2H,1,3H2;1-2H3. The summed E-state index contributed by atoms with van der Waals surface area (Å²) < 4.78 is 11.7. The summed E-state index contributed by atoms with van der Waals surface area (Å²) in [5.41, 5.74) is 10.2. The summed E-state index contributed by atoms with van der Waals surface area (Å²) in [6.07, 6.45) is 8.33. The van der Waals surface area contributed by atoms with Gasteiger partial charge in [-0.05, 0) is 62.3 Å². The first-order valence-electron chi connectivity index (χ1n) is 14.9. The van der Waals surface area contributed by atoms with Gasteiger partial charge in [0.15, 0.2) is 0 Å². The number of aromatic nitrogens is 2. The highest BCUT2D eigenvalue weighted by molar-refractivity contribution is 6.30. The van der Waals surface area contributed by atoms with E-state index in [0.29, 0.717) is 24.4 Å². The molecule has 1 aromatic carbocycles. The minimum absolute atomic E-state index is 0.0529. The number of nitrogens with zero attached hydrogens (tertiary/aromatic N) is 4. The Labute approximate surface area is 268 Å². The average molecular weight is 631 g/mol. The number of aryl methyl sites for hydroxylation is 1. The normalized spacial score (nSPS) is 16.8. The van der Waals surface area contributed by atoms with Gasteiger partial charge in [-0.15, -0.1) is 0 Å². The van der Waals surface area contributed by atoms with Crippen LogP contribution in [0.2, 0.25) is 5.02 Å². The van der Waals surface area contributed by atoms with E-state index in [-0.39, 0.29) is 30.9 Å². The molecule has 2 heterocycles. The maximum atomic E-state index is 12.4. The van der Waals surface area contributed by atoms with Gasteiger partial charge < -0.3 is 34.8 Å². The molecule has 0 radical (unpaired) electrons. The van der Waals surface area contributed by atoms with Crippen LogP contribution in [-0.4, -0.2) is 84.8 Å². The molecule has 3 N–H and O–H groups in total. The molecule has 10 nitrogen and oxygen atoms in total. The van der Waals surface area contributed by atoms with Gasteiger partial charge in [0.25, 0.3) is 0 Å². The fourth-order valence-corrected chi connectivity index (χ4v) is 5.19. The zero-order valence-electron chi connectivity index (χ0n) is 27.4. The number of nitrogens with one attached hydrogen (secondary N) is 1. The van der Waals surface area contributed by atoms with E-state index in [4.69, 9.17) is 16.3 Å². The van der Waals surface area contributed by atoms with E-state index in [0.717, 1.165) is 41.9 Å². The Morgan fingerprint density at radius 2 is 1.89 bits per heavy atom. The quantitative estimate of drug-likeness (QED) is 0.384. The largest absolute Gasteiger partial charge is 0.447 e. The molecular formula is C33H51ClN6O4. The number of amides is 1. The minimum atomic E-state index is -0.232. The predicted molar refractivity (Wildman–Crippen MR) is 179 cm³/mol. The van der Waals surface area contributed by atoms with Crippen molar-refractivity contribution in [2.24, 2.45) is 12.8 Å². The van der Waals surface area contributed by atoms with Gasteiger partial charge in [-0.2, -0.15) is 0 Å². The molecule has 1 aliphatic heterocycles. The fraction of sp³-hybridized carbons (Fsp3) is 0.485. The first-order valence-corrected chi connectivity index (χ1v) is 15.3. The third-order valence-electron chi connectivity index (χ3n) is 6.83. The summed E-state index contributed by atoms with van der Waals surface area (Å²) in [6.45, 7) is 18.3. The molecule has 0 spiro atoms. The Morgan fingerprint density at radius 3 is 2.36 bits per heavy atom. The number of methoxy groups -OCH3 is 1. The van der Waals surface area contributed by atoms with Crippen molar-refractivity contribution in [3.05, 3.63) is 83.6 Å². The first kappa shape index (κ1) is 38.6. The number of fused-ring (bicyclic) bond motifs is 1. The monoisotopic (exact) mass is 630 g/mol. The summed E-state index contributed by atoms with van der Waals surface area (Å²) in [5, 5.41) is 4.17. The van der Waals surface area contributed by atoms with Crippen molar-refractivity contribution in [1.29, 1.82) is 0 Å².